The number of nitrogens with zero attached hydrogens (tertiary/aromatic N) is 1. The SMILES string of the molecule is CCCCCCCCCCCCOc1ccc(OCC(=O)NCCc2ccc[n+](C)c2)c(OC)c1.[I-]. The largest absolute Gasteiger partial charge is 1.00 e. The minimum Gasteiger partial charge on any atom is -1.00 e. The number of rotatable bonds is 19. The minimum atomic E-state index is -0.159. The maximum atomic E-state index is 12.2. The second kappa shape index (κ2) is 20.1. The molecule has 7 heteroatoms. The normalized spacial score (nSPS) is 10.4. The van der Waals surface area contributed by atoms with Crippen molar-refractivity contribution in [2.45, 2.75) is 77.6 Å². The first-order valence-electron chi connectivity index (χ1n) is 13.3. The maximum absolute atomic E-state index is 12.2. The zero-order valence-electron chi connectivity index (χ0n) is 22.4. The third-order valence-corrected chi connectivity index (χ3v) is 6.00. The molecule has 1 aromatic heterocycles. The van der Waals surface area contributed by atoms with Gasteiger partial charge in [-0.15, -0.1) is 0 Å². The Bertz CT molecular complexity index is 863. The molecule has 0 bridgehead atoms. The molecule has 1 heterocycles. The van der Waals surface area contributed by atoms with Crippen LogP contribution in [0.15, 0.2) is 42.7 Å². The fourth-order valence-electron chi connectivity index (χ4n) is 3.97. The topological polar surface area (TPSA) is 60.7 Å². The average Bonchev–Trinajstić information content (AvgIpc) is 2.86. The van der Waals surface area contributed by atoms with Crippen LogP contribution in [0.2, 0.25) is 0 Å². The Morgan fingerprint density at radius 1 is 0.917 bits per heavy atom. The van der Waals surface area contributed by atoms with E-state index in [4.69, 9.17) is 14.2 Å². The molecule has 0 saturated carbocycles. The molecule has 0 fully saturated rings. The van der Waals surface area contributed by atoms with Gasteiger partial charge in [0, 0.05) is 24.2 Å². The highest BCUT2D eigenvalue weighted by Crippen LogP contribution is 2.31. The number of unbranched alkanes of at least 4 members (excludes halogenated alkanes) is 9. The molecular formula is C29H45IN2O4. The first-order chi connectivity index (χ1) is 17.1. The van der Waals surface area contributed by atoms with E-state index in [9.17, 15) is 4.79 Å². The van der Waals surface area contributed by atoms with Gasteiger partial charge >= 0.3 is 0 Å². The molecule has 0 spiro atoms. The number of carbonyl (C=O) groups is 1. The monoisotopic (exact) mass is 612 g/mol. The Morgan fingerprint density at radius 3 is 2.28 bits per heavy atom. The number of ether oxygens (including phenoxy) is 3. The van der Waals surface area contributed by atoms with Crippen molar-refractivity contribution in [3.05, 3.63) is 48.3 Å². The van der Waals surface area contributed by atoms with Crippen LogP contribution >= 0.6 is 0 Å². The van der Waals surface area contributed by atoms with Gasteiger partial charge < -0.3 is 43.5 Å². The Hall–Kier alpha value is -2.03. The van der Waals surface area contributed by atoms with Crippen molar-refractivity contribution in [2.24, 2.45) is 7.05 Å². The van der Waals surface area contributed by atoms with Crippen molar-refractivity contribution in [1.82, 2.24) is 5.32 Å². The van der Waals surface area contributed by atoms with Crippen LogP contribution < -0.4 is 48.1 Å². The van der Waals surface area contributed by atoms with Crippen LogP contribution in [0.5, 0.6) is 17.2 Å². The van der Waals surface area contributed by atoms with Gasteiger partial charge in [-0.1, -0.05) is 64.7 Å². The number of carbonyl (C=O) groups excluding carboxylic acids is 1. The fraction of sp³-hybridized carbons (Fsp3) is 0.586. The zero-order valence-corrected chi connectivity index (χ0v) is 24.6. The second-order valence-corrected chi connectivity index (χ2v) is 9.11. The van der Waals surface area contributed by atoms with E-state index in [2.05, 4.69) is 12.2 Å². The quantitative estimate of drug-likeness (QED) is 0.151. The molecule has 36 heavy (non-hydrogen) atoms. The van der Waals surface area contributed by atoms with Gasteiger partial charge in [0.15, 0.2) is 30.5 Å². The maximum Gasteiger partial charge on any atom is 0.257 e. The fourth-order valence-corrected chi connectivity index (χ4v) is 3.97. The van der Waals surface area contributed by atoms with Crippen LogP contribution in [0.3, 0.4) is 0 Å². The summed E-state index contributed by atoms with van der Waals surface area (Å²) in [4.78, 5) is 12.2. The predicted octanol–water partition coefficient (Wildman–Crippen LogP) is 2.56. The van der Waals surface area contributed by atoms with Gasteiger partial charge in [-0.2, -0.15) is 0 Å². The van der Waals surface area contributed by atoms with E-state index in [1.807, 2.05) is 48.3 Å². The molecule has 0 unspecified atom stereocenters. The average molecular weight is 613 g/mol. The molecule has 0 saturated heterocycles. The van der Waals surface area contributed by atoms with Gasteiger partial charge in [0.1, 0.15) is 12.8 Å². The predicted molar refractivity (Wildman–Crippen MR) is 140 cm³/mol. The number of benzene rings is 1. The summed E-state index contributed by atoms with van der Waals surface area (Å²) in [5, 5.41) is 2.89. The Balaban J connectivity index is 0.00000648. The van der Waals surface area contributed by atoms with Gasteiger partial charge in [0.2, 0.25) is 0 Å². The molecule has 2 aromatic rings. The van der Waals surface area contributed by atoms with Crippen molar-refractivity contribution >= 4 is 5.91 Å². The summed E-state index contributed by atoms with van der Waals surface area (Å²) in [6, 6.07) is 9.52. The number of aromatic nitrogens is 1. The molecule has 2 rings (SSSR count). The molecule has 1 amide bonds. The third kappa shape index (κ3) is 13.9. The van der Waals surface area contributed by atoms with Crippen molar-refractivity contribution < 1.29 is 47.5 Å². The number of hydrogen-bond donors (Lipinski definition) is 1. The van der Waals surface area contributed by atoms with E-state index >= 15 is 0 Å². The lowest BCUT2D eigenvalue weighted by Crippen LogP contribution is -3.00. The molecule has 1 N–H and O–H groups in total. The van der Waals surface area contributed by atoms with Crippen molar-refractivity contribution in [3.8, 4) is 17.2 Å². The summed E-state index contributed by atoms with van der Waals surface area (Å²) in [6.07, 6.45) is 17.8. The van der Waals surface area contributed by atoms with Crippen molar-refractivity contribution in [2.75, 3.05) is 26.9 Å². The highest BCUT2D eigenvalue weighted by Gasteiger charge is 2.10. The van der Waals surface area contributed by atoms with Crippen LogP contribution in [0.1, 0.15) is 76.7 Å². The lowest BCUT2D eigenvalue weighted by Gasteiger charge is -2.13. The second-order valence-electron chi connectivity index (χ2n) is 9.11. The number of amides is 1. The summed E-state index contributed by atoms with van der Waals surface area (Å²) in [5.41, 5.74) is 1.17. The molecule has 0 aliphatic rings. The van der Waals surface area contributed by atoms with Crippen LogP contribution in [0.25, 0.3) is 0 Å². The van der Waals surface area contributed by atoms with Gasteiger partial charge in [-0.25, -0.2) is 4.57 Å². The minimum absolute atomic E-state index is 0. The summed E-state index contributed by atoms with van der Waals surface area (Å²) in [6.45, 7) is 3.46. The molecule has 1 aromatic carbocycles. The van der Waals surface area contributed by atoms with Crippen LogP contribution in [0, 0.1) is 0 Å². The number of aryl methyl sites for hydroxylation is 1. The van der Waals surface area contributed by atoms with Gasteiger partial charge in [-0.3, -0.25) is 4.79 Å². The number of methoxy groups -OCH3 is 1. The van der Waals surface area contributed by atoms with Crippen molar-refractivity contribution in [3.63, 3.8) is 0 Å². The van der Waals surface area contributed by atoms with Crippen LogP contribution in [0.4, 0.5) is 0 Å². The molecular weight excluding hydrogens is 567 g/mol. The highest BCUT2D eigenvalue weighted by molar-refractivity contribution is 5.77. The smallest absolute Gasteiger partial charge is 0.257 e. The molecule has 0 aliphatic carbocycles. The number of nitrogens with one attached hydrogen (secondary N) is 1. The summed E-state index contributed by atoms with van der Waals surface area (Å²) < 4.78 is 19.0. The van der Waals surface area contributed by atoms with E-state index < -0.39 is 0 Å². The standard InChI is InChI=1S/C29H44N2O4.HI/c1-4-5-6-7-8-9-10-11-12-13-21-34-26-16-17-27(28(22-26)33-3)35-24-29(32)30-19-18-25-15-14-20-31(2)23-25;/h14-17,20,22-23H,4-13,18-19,21,24H2,1-3H3;1H. The first-order valence-corrected chi connectivity index (χ1v) is 13.3. The van der Waals surface area contributed by atoms with Crippen LogP contribution in [-0.4, -0.2) is 32.8 Å². The molecule has 202 valence electrons. The van der Waals surface area contributed by atoms with Crippen LogP contribution in [-0.2, 0) is 18.3 Å². The van der Waals surface area contributed by atoms with Crippen molar-refractivity contribution in [1.29, 1.82) is 0 Å². The molecule has 0 aliphatic heterocycles. The van der Waals surface area contributed by atoms with E-state index in [-0.39, 0.29) is 36.5 Å². The van der Waals surface area contributed by atoms with E-state index in [0.29, 0.717) is 24.7 Å². The van der Waals surface area contributed by atoms with E-state index in [1.165, 1.54) is 63.4 Å². The third-order valence-electron chi connectivity index (χ3n) is 6.00. The molecule has 6 nitrogen and oxygen atoms in total. The van der Waals surface area contributed by atoms with Gasteiger partial charge in [0.05, 0.1) is 13.7 Å². The Morgan fingerprint density at radius 2 is 1.61 bits per heavy atom. The summed E-state index contributed by atoms with van der Waals surface area (Å²) in [7, 11) is 3.58. The lowest BCUT2D eigenvalue weighted by atomic mass is 10.1. The highest BCUT2D eigenvalue weighted by atomic mass is 127. The van der Waals surface area contributed by atoms with E-state index in [0.717, 1.165) is 18.6 Å². The number of halogens is 1. The first kappa shape index (κ1) is 32.0. The van der Waals surface area contributed by atoms with Gasteiger partial charge in [-0.05, 0) is 31.0 Å². The summed E-state index contributed by atoms with van der Waals surface area (Å²) in [5.74, 6) is 1.69. The molecule has 0 atom stereocenters. The zero-order chi connectivity index (χ0) is 25.1. The Kier molecular flexibility index (Phi) is 17.8. The summed E-state index contributed by atoms with van der Waals surface area (Å²) >= 11 is 0. The van der Waals surface area contributed by atoms with E-state index in [1.54, 1.807) is 13.2 Å². The number of hydrogen-bond acceptors (Lipinski definition) is 4. The van der Waals surface area contributed by atoms with Gasteiger partial charge in [0.25, 0.3) is 5.91 Å². The Labute approximate surface area is 235 Å². The number of pyridine rings is 1. The molecule has 0 radical (unpaired) electrons. The lowest BCUT2D eigenvalue weighted by molar-refractivity contribution is -0.671.